The first-order chi connectivity index (χ1) is 9.28. The van der Waals surface area contributed by atoms with Crippen LogP contribution in [-0.2, 0) is 9.47 Å². The van der Waals surface area contributed by atoms with Gasteiger partial charge in [0, 0.05) is 0 Å². The van der Waals surface area contributed by atoms with E-state index in [4.69, 9.17) is 9.47 Å². The highest BCUT2D eigenvalue weighted by molar-refractivity contribution is 5.97. The summed E-state index contributed by atoms with van der Waals surface area (Å²) < 4.78 is 15.3. The van der Waals surface area contributed by atoms with Gasteiger partial charge >= 0.3 is 11.9 Å². The van der Waals surface area contributed by atoms with Crippen molar-refractivity contribution in [3.63, 3.8) is 0 Å². The van der Waals surface area contributed by atoms with Crippen LogP contribution in [0.25, 0.3) is 0 Å². The fourth-order valence-corrected chi connectivity index (χ4v) is 1.54. The van der Waals surface area contributed by atoms with Crippen LogP contribution in [0.3, 0.4) is 0 Å². The van der Waals surface area contributed by atoms with E-state index in [-0.39, 0.29) is 11.1 Å². The third kappa shape index (κ3) is 4.26. The highest BCUT2D eigenvalue weighted by Crippen LogP contribution is 2.22. The first-order valence-electron chi connectivity index (χ1n) is 6.37. The van der Waals surface area contributed by atoms with Crippen molar-refractivity contribution in [2.24, 2.45) is 0 Å². The molecule has 0 bridgehead atoms. The Morgan fingerprint density at radius 3 is 2.30 bits per heavy atom. The number of carbonyl (C=O) groups excluding carboxylic acids is 2. The molecule has 0 amide bonds. The van der Waals surface area contributed by atoms with E-state index in [0.717, 1.165) is 0 Å². The van der Waals surface area contributed by atoms with Gasteiger partial charge in [-0.3, -0.25) is 0 Å². The molecule has 0 heterocycles. The van der Waals surface area contributed by atoms with Gasteiger partial charge in [-0.25, -0.2) is 9.59 Å². The average Bonchev–Trinajstić information content (AvgIpc) is 2.36. The third-order valence-electron chi connectivity index (χ3n) is 2.32. The SMILES string of the molecule is CCOc1ccc(C(=O)OC(C)(C)C)cc1C(=O)OC. The predicted molar refractivity (Wildman–Crippen MR) is 74.1 cm³/mol. The summed E-state index contributed by atoms with van der Waals surface area (Å²) in [5, 5.41) is 0. The summed E-state index contributed by atoms with van der Waals surface area (Å²) in [5.41, 5.74) is -0.109. The Kier molecular flexibility index (Phi) is 5.13. The third-order valence-corrected chi connectivity index (χ3v) is 2.32. The molecule has 0 aliphatic carbocycles. The van der Waals surface area contributed by atoms with Crippen LogP contribution in [0.1, 0.15) is 48.4 Å². The lowest BCUT2D eigenvalue weighted by molar-refractivity contribution is 0.00695. The molecule has 0 atom stereocenters. The number of carbonyl (C=O) groups is 2. The summed E-state index contributed by atoms with van der Waals surface area (Å²) in [5.74, 6) is -0.670. The van der Waals surface area contributed by atoms with Crippen molar-refractivity contribution >= 4 is 11.9 Å². The molecular weight excluding hydrogens is 260 g/mol. The van der Waals surface area contributed by atoms with Crippen molar-refractivity contribution in [1.82, 2.24) is 0 Å². The van der Waals surface area contributed by atoms with E-state index in [2.05, 4.69) is 4.74 Å². The van der Waals surface area contributed by atoms with Gasteiger partial charge in [0.25, 0.3) is 0 Å². The van der Waals surface area contributed by atoms with E-state index in [9.17, 15) is 9.59 Å². The Labute approximate surface area is 118 Å². The minimum atomic E-state index is -0.596. The molecule has 5 nitrogen and oxygen atoms in total. The highest BCUT2D eigenvalue weighted by Gasteiger charge is 2.21. The molecule has 0 N–H and O–H groups in total. The molecule has 1 aromatic rings. The number of hydrogen-bond acceptors (Lipinski definition) is 5. The normalized spacial score (nSPS) is 10.8. The second kappa shape index (κ2) is 6.41. The molecule has 0 aliphatic rings. The van der Waals surface area contributed by atoms with Crippen molar-refractivity contribution in [3.8, 4) is 5.75 Å². The van der Waals surface area contributed by atoms with Crippen LogP contribution < -0.4 is 4.74 Å². The standard InChI is InChI=1S/C15H20O5/c1-6-19-12-8-7-10(9-11(12)14(17)18-5)13(16)20-15(2,3)4/h7-9H,6H2,1-5H3. The van der Waals surface area contributed by atoms with Crippen LogP contribution in [-0.4, -0.2) is 31.3 Å². The van der Waals surface area contributed by atoms with Crippen molar-refractivity contribution < 1.29 is 23.8 Å². The Morgan fingerprint density at radius 2 is 1.80 bits per heavy atom. The average molecular weight is 280 g/mol. The van der Waals surface area contributed by atoms with E-state index in [0.29, 0.717) is 12.4 Å². The van der Waals surface area contributed by atoms with Gasteiger partial charge in [-0.1, -0.05) is 0 Å². The van der Waals surface area contributed by atoms with Gasteiger partial charge in [0.1, 0.15) is 16.9 Å². The fraction of sp³-hybridized carbons (Fsp3) is 0.467. The summed E-state index contributed by atoms with van der Waals surface area (Å²) >= 11 is 0. The lowest BCUT2D eigenvalue weighted by Gasteiger charge is -2.19. The van der Waals surface area contributed by atoms with Crippen molar-refractivity contribution in [2.45, 2.75) is 33.3 Å². The van der Waals surface area contributed by atoms with Crippen LogP contribution in [0.4, 0.5) is 0 Å². The van der Waals surface area contributed by atoms with E-state index < -0.39 is 17.5 Å². The van der Waals surface area contributed by atoms with Gasteiger partial charge in [-0.05, 0) is 45.9 Å². The predicted octanol–water partition coefficient (Wildman–Crippen LogP) is 2.83. The van der Waals surface area contributed by atoms with Crippen LogP contribution in [0, 0.1) is 0 Å². The largest absolute Gasteiger partial charge is 0.493 e. The van der Waals surface area contributed by atoms with Gasteiger partial charge in [-0.15, -0.1) is 0 Å². The Bertz CT molecular complexity index is 499. The second-order valence-corrected chi connectivity index (χ2v) is 5.14. The molecule has 0 aromatic heterocycles. The number of rotatable bonds is 4. The van der Waals surface area contributed by atoms with Crippen LogP contribution in [0.2, 0.25) is 0 Å². The zero-order valence-electron chi connectivity index (χ0n) is 12.5. The zero-order chi connectivity index (χ0) is 15.3. The minimum absolute atomic E-state index is 0.206. The van der Waals surface area contributed by atoms with Crippen LogP contribution in [0.5, 0.6) is 5.75 Å². The maximum absolute atomic E-state index is 12.0. The number of benzene rings is 1. The summed E-state index contributed by atoms with van der Waals surface area (Å²) in [4.78, 5) is 23.7. The smallest absolute Gasteiger partial charge is 0.341 e. The molecule has 110 valence electrons. The molecule has 0 spiro atoms. The first kappa shape index (κ1) is 16.0. The lowest BCUT2D eigenvalue weighted by Crippen LogP contribution is -2.24. The van der Waals surface area contributed by atoms with E-state index in [1.54, 1.807) is 32.9 Å². The topological polar surface area (TPSA) is 61.8 Å². The van der Waals surface area contributed by atoms with E-state index in [1.807, 2.05) is 6.92 Å². The summed E-state index contributed by atoms with van der Waals surface area (Å²) in [6.45, 7) is 7.56. The Hall–Kier alpha value is -2.04. The monoisotopic (exact) mass is 280 g/mol. The number of esters is 2. The van der Waals surface area contributed by atoms with Gasteiger partial charge in [0.15, 0.2) is 0 Å². The van der Waals surface area contributed by atoms with E-state index >= 15 is 0 Å². The molecule has 5 heteroatoms. The molecule has 0 saturated heterocycles. The summed E-state index contributed by atoms with van der Waals surface area (Å²) in [7, 11) is 1.28. The van der Waals surface area contributed by atoms with Gasteiger partial charge in [0.05, 0.1) is 19.3 Å². The van der Waals surface area contributed by atoms with Gasteiger partial charge in [-0.2, -0.15) is 0 Å². The highest BCUT2D eigenvalue weighted by atomic mass is 16.6. The summed E-state index contributed by atoms with van der Waals surface area (Å²) in [6, 6.07) is 4.55. The Balaban J connectivity index is 3.12. The first-order valence-corrected chi connectivity index (χ1v) is 6.37. The van der Waals surface area contributed by atoms with Crippen molar-refractivity contribution in [3.05, 3.63) is 29.3 Å². The number of methoxy groups -OCH3 is 1. The minimum Gasteiger partial charge on any atom is -0.493 e. The number of ether oxygens (including phenoxy) is 3. The quantitative estimate of drug-likeness (QED) is 0.794. The molecule has 1 aromatic carbocycles. The summed E-state index contributed by atoms with van der Waals surface area (Å²) in [6.07, 6.45) is 0. The van der Waals surface area contributed by atoms with E-state index in [1.165, 1.54) is 13.2 Å². The van der Waals surface area contributed by atoms with Crippen LogP contribution >= 0.6 is 0 Å². The fourth-order valence-electron chi connectivity index (χ4n) is 1.54. The maximum atomic E-state index is 12.0. The number of hydrogen-bond donors (Lipinski definition) is 0. The zero-order valence-corrected chi connectivity index (χ0v) is 12.5. The second-order valence-electron chi connectivity index (χ2n) is 5.14. The van der Waals surface area contributed by atoms with Gasteiger partial charge < -0.3 is 14.2 Å². The van der Waals surface area contributed by atoms with Crippen molar-refractivity contribution in [1.29, 1.82) is 0 Å². The molecule has 20 heavy (non-hydrogen) atoms. The molecule has 0 fully saturated rings. The molecule has 0 aliphatic heterocycles. The molecule has 0 radical (unpaired) electrons. The van der Waals surface area contributed by atoms with Gasteiger partial charge in [0.2, 0.25) is 0 Å². The molecular formula is C15H20O5. The molecule has 0 saturated carbocycles. The maximum Gasteiger partial charge on any atom is 0.341 e. The van der Waals surface area contributed by atoms with Crippen molar-refractivity contribution in [2.75, 3.05) is 13.7 Å². The molecule has 0 unspecified atom stereocenters. The van der Waals surface area contributed by atoms with Crippen LogP contribution in [0.15, 0.2) is 18.2 Å². The lowest BCUT2D eigenvalue weighted by atomic mass is 10.1. The Morgan fingerprint density at radius 1 is 1.15 bits per heavy atom. The molecule has 1 rings (SSSR count).